The van der Waals surface area contributed by atoms with E-state index in [1.54, 1.807) is 46.2 Å². The third-order valence-corrected chi connectivity index (χ3v) is 4.77. The van der Waals surface area contributed by atoms with E-state index in [1.165, 1.54) is 6.20 Å². The Hall–Kier alpha value is -2.77. The quantitative estimate of drug-likeness (QED) is 0.686. The van der Waals surface area contributed by atoms with Gasteiger partial charge in [-0.05, 0) is 36.4 Å². The number of aromatic nitrogens is 1. The van der Waals surface area contributed by atoms with Crippen LogP contribution in [0.3, 0.4) is 0 Å². The van der Waals surface area contributed by atoms with E-state index in [4.69, 9.17) is 27.9 Å². The molecule has 1 aliphatic heterocycles. The molecule has 1 aliphatic rings. The number of urea groups is 1. The molecule has 7 nitrogen and oxygen atoms in total. The van der Waals surface area contributed by atoms with Crippen molar-refractivity contribution in [2.75, 3.05) is 31.1 Å². The lowest BCUT2D eigenvalue weighted by Crippen LogP contribution is -2.34. The predicted molar refractivity (Wildman–Crippen MR) is 112 cm³/mol. The Morgan fingerprint density at radius 3 is 2.55 bits per heavy atom. The van der Waals surface area contributed by atoms with Crippen LogP contribution in [-0.4, -0.2) is 48.1 Å². The molecule has 0 radical (unpaired) electrons. The van der Waals surface area contributed by atoms with E-state index >= 15 is 0 Å². The Balaban J connectivity index is 1.41. The monoisotopic (exact) mass is 434 g/mol. The van der Waals surface area contributed by atoms with Crippen LogP contribution in [0.5, 0.6) is 5.75 Å². The Labute approximate surface area is 178 Å². The molecule has 1 N–H and O–H groups in total. The molecule has 0 aliphatic carbocycles. The van der Waals surface area contributed by atoms with Crippen LogP contribution < -0.4 is 15.0 Å². The van der Waals surface area contributed by atoms with E-state index in [1.807, 2.05) is 0 Å². The number of anilines is 1. The fourth-order valence-electron chi connectivity index (χ4n) is 2.78. The summed E-state index contributed by atoms with van der Waals surface area (Å²) in [4.78, 5) is 31.9. The Morgan fingerprint density at radius 1 is 1.14 bits per heavy atom. The highest BCUT2D eigenvalue weighted by Gasteiger charge is 2.31. The molecule has 3 amide bonds. The van der Waals surface area contributed by atoms with E-state index in [0.29, 0.717) is 53.4 Å². The van der Waals surface area contributed by atoms with Gasteiger partial charge in [0.1, 0.15) is 11.6 Å². The number of nitrogens with zero attached hydrogens (tertiary/aromatic N) is 3. The number of hydrogen-bond donors (Lipinski definition) is 1. The fraction of sp³-hybridized carbons (Fsp3) is 0.250. The summed E-state index contributed by atoms with van der Waals surface area (Å²) in [7, 11) is 0. The molecule has 0 bridgehead atoms. The molecule has 0 saturated carbocycles. The van der Waals surface area contributed by atoms with Crippen LogP contribution >= 0.6 is 23.2 Å². The number of ether oxygens (including phenoxy) is 1. The average Bonchev–Trinajstić information content (AvgIpc) is 3.09. The van der Waals surface area contributed by atoms with E-state index in [9.17, 15) is 9.59 Å². The molecule has 9 heteroatoms. The number of pyridine rings is 1. The smallest absolute Gasteiger partial charge is 0.329 e. The number of hydrogen-bond acceptors (Lipinski definition) is 4. The van der Waals surface area contributed by atoms with Gasteiger partial charge in [-0.2, -0.15) is 0 Å². The molecule has 152 valence electrons. The van der Waals surface area contributed by atoms with Gasteiger partial charge in [0.25, 0.3) is 5.91 Å². The molecular formula is C20H20Cl2N4O3. The maximum absolute atomic E-state index is 12.6. The summed E-state index contributed by atoms with van der Waals surface area (Å²) >= 11 is 11.6. The first-order valence-corrected chi connectivity index (χ1v) is 9.73. The third kappa shape index (κ3) is 5.62. The van der Waals surface area contributed by atoms with Gasteiger partial charge in [0.15, 0.2) is 6.61 Å². The number of carbonyl (C=O) groups excluding carboxylic acids is 2. The lowest BCUT2D eigenvalue weighted by Gasteiger charge is -2.20. The van der Waals surface area contributed by atoms with Gasteiger partial charge in [-0.1, -0.05) is 29.8 Å². The first kappa shape index (κ1) is 21.0. The van der Waals surface area contributed by atoms with E-state index in [2.05, 4.69) is 16.9 Å². The first-order valence-electron chi connectivity index (χ1n) is 8.97. The summed E-state index contributed by atoms with van der Waals surface area (Å²) in [5.74, 6) is 0.849. The SMILES string of the molecule is C=C(CCNC(=O)COc1ccc(Cl)cc1)N1CCN(c2ccc(Cl)cn2)C1=O. The van der Waals surface area contributed by atoms with Crippen molar-refractivity contribution < 1.29 is 14.3 Å². The van der Waals surface area contributed by atoms with Crippen molar-refractivity contribution in [3.8, 4) is 5.75 Å². The molecule has 1 aromatic carbocycles. The van der Waals surface area contributed by atoms with Gasteiger partial charge in [-0.15, -0.1) is 0 Å². The molecule has 1 saturated heterocycles. The Kier molecular flexibility index (Phi) is 6.95. The first-order chi connectivity index (χ1) is 13.9. The van der Waals surface area contributed by atoms with Crippen molar-refractivity contribution in [3.05, 3.63) is 64.9 Å². The topological polar surface area (TPSA) is 74.8 Å². The Morgan fingerprint density at radius 2 is 1.86 bits per heavy atom. The number of amides is 3. The van der Waals surface area contributed by atoms with Gasteiger partial charge >= 0.3 is 6.03 Å². The van der Waals surface area contributed by atoms with E-state index < -0.39 is 0 Å². The van der Waals surface area contributed by atoms with Crippen LogP contribution in [0, 0.1) is 0 Å². The van der Waals surface area contributed by atoms with Gasteiger partial charge in [-0.3, -0.25) is 14.6 Å². The van der Waals surface area contributed by atoms with E-state index in [-0.39, 0.29) is 18.5 Å². The molecule has 1 fully saturated rings. The zero-order valence-electron chi connectivity index (χ0n) is 15.6. The van der Waals surface area contributed by atoms with Crippen LogP contribution in [-0.2, 0) is 4.79 Å². The highest BCUT2D eigenvalue weighted by Crippen LogP contribution is 2.22. The highest BCUT2D eigenvalue weighted by atomic mass is 35.5. The Bertz CT molecular complexity index is 888. The van der Waals surface area contributed by atoms with Gasteiger partial charge in [0, 0.05) is 43.0 Å². The second-order valence-corrected chi connectivity index (χ2v) is 7.20. The standard InChI is InChI=1S/C20H20Cl2N4O3/c1-14(8-9-23-19(27)13-29-17-5-2-15(21)3-6-17)25-10-11-26(20(25)28)18-7-4-16(22)12-24-18/h2-7,12H,1,8-11,13H2,(H,23,27). The minimum Gasteiger partial charge on any atom is -0.484 e. The van der Waals surface area contributed by atoms with Gasteiger partial charge in [-0.25, -0.2) is 9.78 Å². The van der Waals surface area contributed by atoms with Gasteiger partial charge in [0.05, 0.1) is 5.02 Å². The minimum absolute atomic E-state index is 0.104. The minimum atomic E-state index is -0.257. The van der Waals surface area contributed by atoms with Crippen molar-refractivity contribution in [3.63, 3.8) is 0 Å². The number of halogens is 2. The van der Waals surface area contributed by atoms with Crippen LogP contribution in [0.1, 0.15) is 6.42 Å². The summed E-state index contributed by atoms with van der Waals surface area (Å²) in [6.45, 7) is 5.23. The van der Waals surface area contributed by atoms with Crippen molar-refractivity contribution in [2.45, 2.75) is 6.42 Å². The molecule has 0 unspecified atom stereocenters. The van der Waals surface area contributed by atoms with Crippen LogP contribution in [0.15, 0.2) is 54.9 Å². The molecule has 1 aromatic heterocycles. The molecular weight excluding hydrogens is 415 g/mol. The third-order valence-electron chi connectivity index (χ3n) is 4.30. The lowest BCUT2D eigenvalue weighted by molar-refractivity contribution is -0.123. The molecule has 2 heterocycles. The highest BCUT2D eigenvalue weighted by molar-refractivity contribution is 6.30. The molecule has 0 atom stereocenters. The number of carbonyl (C=O) groups is 2. The number of rotatable bonds is 8. The van der Waals surface area contributed by atoms with Crippen molar-refractivity contribution in [1.29, 1.82) is 0 Å². The second kappa shape index (κ2) is 9.62. The summed E-state index contributed by atoms with van der Waals surface area (Å²) in [5.41, 5.74) is 0.630. The van der Waals surface area contributed by atoms with Crippen molar-refractivity contribution >= 4 is 41.0 Å². The lowest BCUT2D eigenvalue weighted by atomic mass is 10.3. The normalized spacial score (nSPS) is 13.5. The maximum atomic E-state index is 12.6. The van der Waals surface area contributed by atoms with Crippen LogP contribution in [0.25, 0.3) is 0 Å². The summed E-state index contributed by atoms with van der Waals surface area (Å²) in [6.07, 6.45) is 1.95. The molecule has 3 rings (SSSR count). The zero-order valence-corrected chi connectivity index (χ0v) is 17.1. The summed E-state index contributed by atoms with van der Waals surface area (Å²) in [5, 5.41) is 3.86. The van der Waals surface area contributed by atoms with E-state index in [0.717, 1.165) is 0 Å². The largest absolute Gasteiger partial charge is 0.484 e. The summed E-state index contributed by atoms with van der Waals surface area (Å²) in [6, 6.07) is 9.96. The van der Waals surface area contributed by atoms with Gasteiger partial charge < -0.3 is 10.1 Å². The molecule has 2 aromatic rings. The maximum Gasteiger partial charge on any atom is 0.329 e. The molecule has 0 spiro atoms. The molecule has 29 heavy (non-hydrogen) atoms. The second-order valence-electron chi connectivity index (χ2n) is 6.33. The summed E-state index contributed by atoms with van der Waals surface area (Å²) < 4.78 is 5.39. The number of nitrogens with one attached hydrogen (secondary N) is 1. The van der Waals surface area contributed by atoms with Crippen LogP contribution in [0.4, 0.5) is 10.6 Å². The predicted octanol–water partition coefficient (Wildman–Crippen LogP) is 3.73. The fourth-order valence-corrected chi connectivity index (χ4v) is 3.02. The average molecular weight is 435 g/mol. The van der Waals surface area contributed by atoms with Crippen LogP contribution in [0.2, 0.25) is 10.0 Å². The number of benzene rings is 1. The zero-order chi connectivity index (χ0) is 20.8. The van der Waals surface area contributed by atoms with Crippen molar-refractivity contribution in [1.82, 2.24) is 15.2 Å². The van der Waals surface area contributed by atoms with Gasteiger partial charge in [0.2, 0.25) is 0 Å². The van der Waals surface area contributed by atoms with Crippen molar-refractivity contribution in [2.24, 2.45) is 0 Å².